The van der Waals surface area contributed by atoms with Gasteiger partial charge in [-0.05, 0) is 41.1 Å². The minimum absolute atomic E-state index is 0.130. The summed E-state index contributed by atoms with van der Waals surface area (Å²) in [6.07, 6.45) is 0.758. The van der Waals surface area contributed by atoms with E-state index in [1.54, 1.807) is 11.3 Å². The topological polar surface area (TPSA) is 54.4 Å². The average molecular weight is 246 g/mol. The molecular weight excluding hydrogens is 232 g/mol. The van der Waals surface area contributed by atoms with Crippen LogP contribution in [0, 0.1) is 5.92 Å². The van der Waals surface area contributed by atoms with Gasteiger partial charge in [0.2, 0.25) is 0 Å². The van der Waals surface area contributed by atoms with Crippen molar-refractivity contribution >= 4 is 21.2 Å². The van der Waals surface area contributed by atoms with E-state index in [9.17, 15) is 13.5 Å². The minimum Gasteiger partial charge on any atom is -0.388 e. The van der Waals surface area contributed by atoms with Gasteiger partial charge in [-0.15, -0.1) is 0 Å². The van der Waals surface area contributed by atoms with Crippen LogP contribution >= 0.6 is 11.3 Å². The molecule has 1 aromatic heterocycles. The van der Waals surface area contributed by atoms with Crippen molar-refractivity contribution in [1.82, 2.24) is 0 Å². The molecule has 2 unspecified atom stereocenters. The Balaban J connectivity index is 1.94. The van der Waals surface area contributed by atoms with E-state index in [0.717, 1.165) is 5.56 Å². The van der Waals surface area contributed by atoms with Crippen LogP contribution in [0.2, 0.25) is 0 Å². The van der Waals surface area contributed by atoms with Gasteiger partial charge in [-0.25, -0.2) is 8.42 Å². The number of sulfone groups is 1. The van der Waals surface area contributed by atoms with Crippen molar-refractivity contribution in [1.29, 1.82) is 0 Å². The Bertz CT molecular complexity index is 408. The summed E-state index contributed by atoms with van der Waals surface area (Å²) >= 11 is 1.55. The van der Waals surface area contributed by atoms with Gasteiger partial charge in [-0.2, -0.15) is 11.3 Å². The summed E-state index contributed by atoms with van der Waals surface area (Å²) in [4.78, 5) is 0. The number of aliphatic hydroxyl groups is 1. The zero-order chi connectivity index (χ0) is 10.9. The van der Waals surface area contributed by atoms with Crippen LogP contribution in [-0.4, -0.2) is 25.0 Å². The second-order valence-corrected chi connectivity index (χ2v) is 7.09. The zero-order valence-corrected chi connectivity index (χ0v) is 9.93. The molecule has 1 aromatic rings. The molecule has 1 saturated heterocycles. The monoisotopic (exact) mass is 246 g/mol. The lowest BCUT2D eigenvalue weighted by atomic mass is 9.98. The van der Waals surface area contributed by atoms with Crippen LogP contribution in [0.3, 0.4) is 0 Å². The van der Waals surface area contributed by atoms with Gasteiger partial charge in [0, 0.05) is 0 Å². The highest BCUT2D eigenvalue weighted by atomic mass is 32.2. The van der Waals surface area contributed by atoms with Crippen molar-refractivity contribution in [3.05, 3.63) is 22.4 Å². The maximum atomic E-state index is 11.2. The lowest BCUT2D eigenvalue weighted by Gasteiger charge is -2.12. The third-order valence-corrected chi connectivity index (χ3v) is 5.35. The smallest absolute Gasteiger partial charge is 0.150 e. The third kappa shape index (κ3) is 2.80. The summed E-state index contributed by atoms with van der Waals surface area (Å²) in [6, 6.07) is 1.89. The number of hydrogen-bond acceptors (Lipinski definition) is 4. The lowest BCUT2D eigenvalue weighted by Crippen LogP contribution is -2.09. The standard InChI is InChI=1S/C10H14O3S2/c11-10(9-1-3-14-6-9)5-8-2-4-15(12,13)7-8/h1,3,6,8,10-11H,2,4-5,7H2. The highest BCUT2D eigenvalue weighted by molar-refractivity contribution is 7.91. The molecule has 1 aliphatic heterocycles. The molecule has 0 aliphatic carbocycles. The van der Waals surface area contributed by atoms with Crippen LogP contribution in [-0.2, 0) is 9.84 Å². The van der Waals surface area contributed by atoms with E-state index in [1.165, 1.54) is 0 Å². The normalized spacial score (nSPS) is 26.6. The number of rotatable bonds is 3. The fourth-order valence-electron chi connectivity index (χ4n) is 1.97. The Labute approximate surface area is 93.7 Å². The van der Waals surface area contributed by atoms with Crippen LogP contribution < -0.4 is 0 Å². The molecule has 84 valence electrons. The Hall–Kier alpha value is -0.390. The summed E-state index contributed by atoms with van der Waals surface area (Å²) in [5.41, 5.74) is 0.907. The van der Waals surface area contributed by atoms with Gasteiger partial charge < -0.3 is 5.11 Å². The molecule has 2 heterocycles. The lowest BCUT2D eigenvalue weighted by molar-refractivity contribution is 0.149. The van der Waals surface area contributed by atoms with Crippen LogP contribution in [0.1, 0.15) is 24.5 Å². The van der Waals surface area contributed by atoms with Gasteiger partial charge in [0.1, 0.15) is 0 Å². The predicted molar refractivity (Wildman–Crippen MR) is 60.7 cm³/mol. The van der Waals surface area contributed by atoms with Crippen molar-refractivity contribution in [3.8, 4) is 0 Å². The molecule has 1 aliphatic rings. The van der Waals surface area contributed by atoms with Crippen LogP contribution in [0.5, 0.6) is 0 Å². The number of hydrogen-bond donors (Lipinski definition) is 1. The minimum atomic E-state index is -2.82. The molecule has 0 amide bonds. The quantitative estimate of drug-likeness (QED) is 0.881. The van der Waals surface area contributed by atoms with E-state index >= 15 is 0 Å². The molecule has 0 aromatic carbocycles. The Kier molecular flexibility index (Phi) is 3.13. The first kappa shape index (κ1) is 11.1. The zero-order valence-electron chi connectivity index (χ0n) is 8.30. The summed E-state index contributed by atoms with van der Waals surface area (Å²) in [5, 5.41) is 13.7. The van der Waals surface area contributed by atoms with Crippen LogP contribution in [0.4, 0.5) is 0 Å². The van der Waals surface area contributed by atoms with E-state index in [-0.39, 0.29) is 17.4 Å². The van der Waals surface area contributed by atoms with Crippen molar-refractivity contribution in [2.24, 2.45) is 5.92 Å². The first-order valence-corrected chi connectivity index (χ1v) is 7.74. The third-order valence-electron chi connectivity index (χ3n) is 2.81. The van der Waals surface area contributed by atoms with Crippen molar-refractivity contribution in [3.63, 3.8) is 0 Å². The van der Waals surface area contributed by atoms with Gasteiger partial charge in [0.15, 0.2) is 9.84 Å². The maximum absolute atomic E-state index is 11.2. The Morgan fingerprint density at radius 1 is 1.60 bits per heavy atom. The molecular formula is C10H14O3S2. The molecule has 0 radical (unpaired) electrons. The molecule has 15 heavy (non-hydrogen) atoms. The fraction of sp³-hybridized carbons (Fsp3) is 0.600. The molecule has 0 bridgehead atoms. The highest BCUT2D eigenvalue weighted by Gasteiger charge is 2.29. The largest absolute Gasteiger partial charge is 0.388 e. The summed E-state index contributed by atoms with van der Waals surface area (Å²) in [6.45, 7) is 0. The van der Waals surface area contributed by atoms with Gasteiger partial charge in [-0.3, -0.25) is 0 Å². The molecule has 5 heteroatoms. The van der Waals surface area contributed by atoms with Gasteiger partial charge in [0.25, 0.3) is 0 Å². The highest BCUT2D eigenvalue weighted by Crippen LogP contribution is 2.29. The molecule has 0 spiro atoms. The van der Waals surface area contributed by atoms with E-state index in [2.05, 4.69) is 0 Å². The molecule has 0 saturated carbocycles. The van der Waals surface area contributed by atoms with Gasteiger partial charge >= 0.3 is 0 Å². The van der Waals surface area contributed by atoms with E-state index in [0.29, 0.717) is 12.8 Å². The Morgan fingerprint density at radius 2 is 2.40 bits per heavy atom. The molecule has 2 atom stereocenters. The first-order chi connectivity index (χ1) is 7.07. The van der Waals surface area contributed by atoms with E-state index < -0.39 is 15.9 Å². The summed E-state index contributed by atoms with van der Waals surface area (Å²) < 4.78 is 22.5. The predicted octanol–water partition coefficient (Wildman–Crippen LogP) is 1.61. The van der Waals surface area contributed by atoms with Gasteiger partial charge in [-0.1, -0.05) is 0 Å². The Morgan fingerprint density at radius 3 is 2.93 bits per heavy atom. The van der Waals surface area contributed by atoms with Crippen molar-refractivity contribution < 1.29 is 13.5 Å². The van der Waals surface area contributed by atoms with Crippen LogP contribution in [0.25, 0.3) is 0 Å². The average Bonchev–Trinajstić information content (AvgIpc) is 2.74. The van der Waals surface area contributed by atoms with Crippen molar-refractivity contribution in [2.75, 3.05) is 11.5 Å². The molecule has 2 rings (SSSR count). The first-order valence-electron chi connectivity index (χ1n) is 4.97. The second-order valence-electron chi connectivity index (χ2n) is 4.08. The molecule has 3 nitrogen and oxygen atoms in total. The van der Waals surface area contributed by atoms with Crippen molar-refractivity contribution in [2.45, 2.75) is 18.9 Å². The van der Waals surface area contributed by atoms with Crippen LogP contribution in [0.15, 0.2) is 16.8 Å². The maximum Gasteiger partial charge on any atom is 0.150 e. The molecule has 1 N–H and O–H groups in total. The number of thiophene rings is 1. The second kappa shape index (κ2) is 4.23. The number of aliphatic hydroxyl groups excluding tert-OH is 1. The summed E-state index contributed by atoms with van der Waals surface area (Å²) in [7, 11) is -2.82. The summed E-state index contributed by atoms with van der Waals surface area (Å²) in [5.74, 6) is 0.660. The van der Waals surface area contributed by atoms with E-state index in [1.807, 2.05) is 16.8 Å². The SMILES string of the molecule is O=S1(=O)CCC(CC(O)c2ccsc2)C1. The van der Waals surface area contributed by atoms with Gasteiger partial charge in [0.05, 0.1) is 17.6 Å². The van der Waals surface area contributed by atoms with E-state index in [4.69, 9.17) is 0 Å². The molecule has 1 fully saturated rings. The fourth-order valence-corrected chi connectivity index (χ4v) is 4.56.